The molecule has 1 N–H and O–H groups in total. The molecule has 0 radical (unpaired) electrons. The molecule has 4 rings (SSSR count). The van der Waals surface area contributed by atoms with E-state index in [1.165, 1.54) is 0 Å². The molecule has 1 atom stereocenters. The average molecular weight is 426 g/mol. The van der Waals surface area contributed by atoms with Crippen LogP contribution in [-0.2, 0) is 16.9 Å². The number of nitrogens with zero attached hydrogens (tertiary/aromatic N) is 4. The number of carbonyl (C=O) groups excluding carboxylic acids is 1. The van der Waals surface area contributed by atoms with Crippen LogP contribution in [0.4, 0.5) is 0 Å². The van der Waals surface area contributed by atoms with E-state index in [9.17, 15) is 4.79 Å². The number of aromatic nitrogens is 2. The van der Waals surface area contributed by atoms with Crippen LogP contribution in [0.5, 0.6) is 0 Å². The number of hydrogen-bond acceptors (Lipinski definition) is 6. The van der Waals surface area contributed by atoms with Gasteiger partial charge in [0.15, 0.2) is 0 Å². The molecule has 0 amide bonds. The van der Waals surface area contributed by atoms with Crippen LogP contribution in [0, 0.1) is 5.92 Å². The molecule has 31 heavy (non-hydrogen) atoms. The number of likely N-dealkylation sites (N-methyl/N-ethyl adjacent to an activating group) is 2. The van der Waals surface area contributed by atoms with Gasteiger partial charge < -0.3 is 24.4 Å². The minimum atomic E-state index is -0.622. The molecule has 7 nitrogen and oxygen atoms in total. The third-order valence-corrected chi connectivity index (χ3v) is 6.61. The van der Waals surface area contributed by atoms with Gasteiger partial charge in [0.05, 0.1) is 12.3 Å². The van der Waals surface area contributed by atoms with Gasteiger partial charge in [-0.3, -0.25) is 9.78 Å². The second-order valence-corrected chi connectivity index (χ2v) is 9.24. The van der Waals surface area contributed by atoms with Gasteiger partial charge in [0.1, 0.15) is 5.60 Å². The maximum atomic E-state index is 13.6. The second kappa shape index (κ2) is 9.20. The minimum Gasteiger partial charge on any atom is -0.364 e. The lowest BCUT2D eigenvalue weighted by Gasteiger charge is -2.46. The molecule has 1 saturated heterocycles. The van der Waals surface area contributed by atoms with E-state index in [2.05, 4.69) is 65.1 Å². The number of hydrogen-bond donors (Lipinski definition) is 1. The summed E-state index contributed by atoms with van der Waals surface area (Å²) in [5, 5.41) is 3.49. The third-order valence-electron chi connectivity index (χ3n) is 6.61. The molecule has 7 heteroatoms. The molecule has 1 aliphatic carbocycles. The smallest absolute Gasteiger partial charge is 0.211 e. The maximum Gasteiger partial charge on any atom is 0.211 e. The number of nitrogens with one attached hydrogen (secondary N) is 1. The lowest BCUT2D eigenvalue weighted by atomic mass is 9.67. The molecule has 2 aromatic rings. The van der Waals surface area contributed by atoms with Gasteiger partial charge in [0.2, 0.25) is 5.78 Å². The van der Waals surface area contributed by atoms with E-state index in [-0.39, 0.29) is 5.78 Å². The predicted molar refractivity (Wildman–Crippen MR) is 122 cm³/mol. The van der Waals surface area contributed by atoms with Crippen LogP contribution < -0.4 is 5.32 Å². The first-order valence-corrected chi connectivity index (χ1v) is 11.3. The van der Waals surface area contributed by atoms with Crippen molar-refractivity contribution in [2.24, 2.45) is 5.92 Å². The summed E-state index contributed by atoms with van der Waals surface area (Å²) >= 11 is 0. The molecular weight excluding hydrogens is 390 g/mol. The molecule has 0 bridgehead atoms. The zero-order valence-corrected chi connectivity index (χ0v) is 19.2. The van der Waals surface area contributed by atoms with Gasteiger partial charge in [0.25, 0.3) is 0 Å². The Kier molecular flexibility index (Phi) is 6.57. The molecule has 2 aromatic heterocycles. The highest BCUT2D eigenvalue weighted by Gasteiger charge is 2.51. The van der Waals surface area contributed by atoms with Gasteiger partial charge in [-0.25, -0.2) is 0 Å². The van der Waals surface area contributed by atoms with E-state index >= 15 is 0 Å². The van der Waals surface area contributed by atoms with Gasteiger partial charge >= 0.3 is 0 Å². The van der Waals surface area contributed by atoms with E-state index in [0.717, 1.165) is 62.4 Å². The molecule has 0 aromatic carbocycles. The van der Waals surface area contributed by atoms with Crippen LogP contribution in [0.3, 0.4) is 0 Å². The number of rotatable bonds is 8. The van der Waals surface area contributed by atoms with Crippen LogP contribution in [-0.4, -0.2) is 86.1 Å². The number of fused-ring (bicyclic) bond motifs is 2. The number of ketones is 1. The Bertz CT molecular complexity index is 916. The first kappa shape index (κ1) is 22.1. The van der Waals surface area contributed by atoms with Crippen molar-refractivity contribution in [1.82, 2.24) is 24.7 Å². The van der Waals surface area contributed by atoms with Crippen molar-refractivity contribution in [2.45, 2.75) is 25.0 Å². The lowest BCUT2D eigenvalue weighted by molar-refractivity contribution is -0.0754. The highest BCUT2D eigenvalue weighted by atomic mass is 16.5. The molecule has 0 spiro atoms. The topological polar surface area (TPSA) is 62.6 Å². The summed E-state index contributed by atoms with van der Waals surface area (Å²) in [6.07, 6.45) is 7.62. The highest BCUT2D eigenvalue weighted by molar-refractivity contribution is 6.12. The zero-order valence-electron chi connectivity index (χ0n) is 19.2. The highest BCUT2D eigenvalue weighted by Crippen LogP contribution is 2.50. The van der Waals surface area contributed by atoms with Crippen molar-refractivity contribution in [3.05, 3.63) is 53.1 Å². The SMILES string of the molecule is CN(C)CCOC1(C2CCNCC2)c2ccncc2C(=O)c2c1ccn2CCN(C)C. The molecular formula is C24H35N5O2. The zero-order chi connectivity index (χ0) is 22.0. The van der Waals surface area contributed by atoms with Crippen LogP contribution in [0.15, 0.2) is 30.7 Å². The Morgan fingerprint density at radius 1 is 1.13 bits per heavy atom. The second-order valence-electron chi connectivity index (χ2n) is 9.24. The monoisotopic (exact) mass is 425 g/mol. The number of piperidine rings is 1. The number of ether oxygens (including phenoxy) is 1. The summed E-state index contributed by atoms with van der Waals surface area (Å²) in [6, 6.07) is 4.13. The lowest BCUT2D eigenvalue weighted by Crippen LogP contribution is -2.49. The van der Waals surface area contributed by atoms with Gasteiger partial charge in [-0.15, -0.1) is 0 Å². The Hall–Kier alpha value is -2.06. The van der Waals surface area contributed by atoms with Crippen LogP contribution in [0.2, 0.25) is 0 Å². The normalized spacial score (nSPS) is 21.5. The summed E-state index contributed by atoms with van der Waals surface area (Å²) in [4.78, 5) is 22.2. The predicted octanol–water partition coefficient (Wildman–Crippen LogP) is 1.81. The van der Waals surface area contributed by atoms with Crippen molar-refractivity contribution in [3.8, 4) is 0 Å². The molecule has 1 fully saturated rings. The average Bonchev–Trinajstić information content (AvgIpc) is 3.20. The van der Waals surface area contributed by atoms with Crippen LogP contribution >= 0.6 is 0 Å². The van der Waals surface area contributed by atoms with Gasteiger partial charge in [-0.1, -0.05) is 0 Å². The summed E-state index contributed by atoms with van der Waals surface area (Å²) in [6.45, 7) is 5.01. The standard InChI is InChI=1S/C24H35N5O2/c1-27(2)13-14-29-12-8-21-22(29)23(30)19-17-26-11-7-20(19)24(21,31-16-15-28(3)4)18-5-9-25-10-6-18/h7-8,11-12,17-18,25H,5-6,9-10,13-16H2,1-4H3. The summed E-state index contributed by atoms with van der Waals surface area (Å²) < 4.78 is 9.00. The van der Waals surface area contributed by atoms with Crippen LogP contribution in [0.25, 0.3) is 0 Å². The molecule has 0 saturated carbocycles. The first-order valence-electron chi connectivity index (χ1n) is 11.3. The van der Waals surface area contributed by atoms with Crippen molar-refractivity contribution < 1.29 is 9.53 Å². The fraction of sp³-hybridized carbons (Fsp3) is 0.583. The van der Waals surface area contributed by atoms with E-state index in [1.54, 1.807) is 12.4 Å². The number of pyridine rings is 1. The van der Waals surface area contributed by atoms with Gasteiger partial charge in [0, 0.05) is 54.9 Å². The largest absolute Gasteiger partial charge is 0.364 e. The van der Waals surface area contributed by atoms with E-state index in [4.69, 9.17) is 4.74 Å². The van der Waals surface area contributed by atoms with Crippen molar-refractivity contribution >= 4 is 5.78 Å². The Labute approximate surface area is 185 Å². The summed E-state index contributed by atoms with van der Waals surface area (Å²) in [5.41, 5.74) is 2.84. The Morgan fingerprint density at radius 2 is 1.87 bits per heavy atom. The van der Waals surface area contributed by atoms with Crippen LogP contribution in [0.1, 0.15) is 40.0 Å². The van der Waals surface area contributed by atoms with Crippen molar-refractivity contribution in [2.75, 3.05) is 61.0 Å². The van der Waals surface area contributed by atoms with Crippen molar-refractivity contribution in [1.29, 1.82) is 0 Å². The van der Waals surface area contributed by atoms with Crippen molar-refractivity contribution in [3.63, 3.8) is 0 Å². The fourth-order valence-electron chi connectivity index (χ4n) is 5.02. The first-order chi connectivity index (χ1) is 14.9. The Balaban J connectivity index is 1.86. The fourth-order valence-corrected chi connectivity index (χ4v) is 5.02. The number of carbonyl (C=O) groups is 1. The van der Waals surface area contributed by atoms with E-state index in [1.807, 2.05) is 6.07 Å². The molecule has 168 valence electrons. The molecule has 2 aliphatic rings. The third kappa shape index (κ3) is 4.07. The quantitative estimate of drug-likeness (QED) is 0.696. The van der Waals surface area contributed by atoms with E-state index < -0.39 is 5.60 Å². The Morgan fingerprint density at radius 3 is 2.58 bits per heavy atom. The molecule has 3 heterocycles. The summed E-state index contributed by atoms with van der Waals surface area (Å²) in [5.74, 6) is 0.358. The minimum absolute atomic E-state index is 0.0580. The van der Waals surface area contributed by atoms with Gasteiger partial charge in [-0.2, -0.15) is 0 Å². The van der Waals surface area contributed by atoms with E-state index in [0.29, 0.717) is 18.1 Å². The maximum absolute atomic E-state index is 13.6. The molecule has 1 aliphatic heterocycles. The molecule has 1 unspecified atom stereocenters. The van der Waals surface area contributed by atoms with Gasteiger partial charge in [-0.05, 0) is 72.2 Å². The summed E-state index contributed by atoms with van der Waals surface area (Å²) in [7, 11) is 8.24.